The molecule has 1 saturated heterocycles. The van der Waals surface area contributed by atoms with E-state index in [4.69, 9.17) is 21.1 Å². The molecule has 1 aliphatic rings. The fourth-order valence-corrected chi connectivity index (χ4v) is 3.16. The highest BCUT2D eigenvalue weighted by molar-refractivity contribution is 14.0. The summed E-state index contributed by atoms with van der Waals surface area (Å²) in [5, 5.41) is 4.13. The topological polar surface area (TPSA) is 46.1 Å². The average molecular weight is 468 g/mol. The van der Waals surface area contributed by atoms with Gasteiger partial charge in [0.05, 0.1) is 12.7 Å². The Morgan fingerprint density at radius 3 is 2.88 bits per heavy atom. The van der Waals surface area contributed by atoms with E-state index in [2.05, 4.69) is 15.2 Å². The van der Waals surface area contributed by atoms with Crippen molar-refractivity contribution in [2.75, 3.05) is 47.5 Å². The summed E-state index contributed by atoms with van der Waals surface area (Å²) in [4.78, 5) is 6.66. The Bertz CT molecular complexity index is 530. The van der Waals surface area contributed by atoms with Crippen molar-refractivity contribution in [3.8, 4) is 0 Å². The number of hydrogen-bond donors (Lipinski definition) is 1. The van der Waals surface area contributed by atoms with Crippen LogP contribution in [0.25, 0.3) is 0 Å². The van der Waals surface area contributed by atoms with Crippen LogP contribution >= 0.6 is 35.6 Å². The summed E-state index contributed by atoms with van der Waals surface area (Å²) in [5.74, 6) is 1.48. The number of guanidine groups is 1. The Morgan fingerprint density at radius 1 is 1.46 bits per heavy atom. The summed E-state index contributed by atoms with van der Waals surface area (Å²) in [7, 11) is 5.28. The van der Waals surface area contributed by atoms with Crippen LogP contribution in [0.5, 0.6) is 0 Å². The molecule has 2 unspecified atom stereocenters. The van der Waals surface area contributed by atoms with E-state index in [-0.39, 0.29) is 30.1 Å². The summed E-state index contributed by atoms with van der Waals surface area (Å²) in [6.07, 6.45) is 1.07. The minimum absolute atomic E-state index is 0. The lowest BCUT2D eigenvalue weighted by Gasteiger charge is -2.24. The fraction of sp³-hybridized carbons (Fsp3) is 0.588. The third-order valence-corrected chi connectivity index (χ3v) is 4.39. The fourth-order valence-electron chi connectivity index (χ4n) is 2.96. The molecule has 5 nitrogen and oxygen atoms in total. The van der Waals surface area contributed by atoms with E-state index < -0.39 is 0 Å². The number of benzene rings is 1. The molecule has 1 N–H and O–H groups in total. The van der Waals surface area contributed by atoms with Gasteiger partial charge < -0.3 is 19.7 Å². The van der Waals surface area contributed by atoms with Crippen molar-refractivity contribution in [1.29, 1.82) is 0 Å². The zero-order chi connectivity index (χ0) is 16.7. The van der Waals surface area contributed by atoms with Crippen LogP contribution in [0, 0.1) is 5.92 Å². The number of halogens is 2. The highest BCUT2D eigenvalue weighted by Gasteiger charge is 2.25. The molecule has 2 rings (SSSR count). The van der Waals surface area contributed by atoms with E-state index in [0.717, 1.165) is 42.7 Å². The highest BCUT2D eigenvalue weighted by atomic mass is 127. The van der Waals surface area contributed by atoms with Crippen LogP contribution in [-0.4, -0.2) is 58.4 Å². The average Bonchev–Trinajstić information content (AvgIpc) is 3.00. The first kappa shape index (κ1) is 21.5. The monoisotopic (exact) mass is 467 g/mol. The van der Waals surface area contributed by atoms with Gasteiger partial charge in [-0.05, 0) is 24.1 Å². The smallest absolute Gasteiger partial charge is 0.193 e. The summed E-state index contributed by atoms with van der Waals surface area (Å²) in [6, 6.07) is 7.76. The quantitative estimate of drug-likeness (QED) is 0.397. The number of nitrogens with one attached hydrogen (secondary N) is 1. The van der Waals surface area contributed by atoms with Gasteiger partial charge in [0, 0.05) is 51.8 Å². The molecule has 0 spiro atoms. The van der Waals surface area contributed by atoms with Crippen LogP contribution in [0.1, 0.15) is 18.1 Å². The number of hydrogen-bond acceptors (Lipinski definition) is 3. The van der Waals surface area contributed by atoms with Crippen molar-refractivity contribution in [2.45, 2.75) is 12.5 Å². The van der Waals surface area contributed by atoms with Gasteiger partial charge in [-0.15, -0.1) is 24.0 Å². The number of likely N-dealkylation sites (tertiary alicyclic amines) is 1. The van der Waals surface area contributed by atoms with Gasteiger partial charge in [0.2, 0.25) is 0 Å². The van der Waals surface area contributed by atoms with Crippen LogP contribution in [0.15, 0.2) is 29.3 Å². The Morgan fingerprint density at radius 2 is 2.25 bits per heavy atom. The molecule has 1 aliphatic heterocycles. The van der Waals surface area contributed by atoms with Crippen LogP contribution in [0.4, 0.5) is 0 Å². The molecule has 0 amide bonds. The van der Waals surface area contributed by atoms with E-state index in [9.17, 15) is 0 Å². The molecule has 2 atom stereocenters. The third kappa shape index (κ3) is 6.06. The molecular formula is C17H27ClIN3O2. The molecule has 24 heavy (non-hydrogen) atoms. The van der Waals surface area contributed by atoms with E-state index in [0.29, 0.717) is 12.5 Å². The number of methoxy groups -OCH3 is 2. The molecule has 0 aromatic heterocycles. The minimum atomic E-state index is -0.0668. The molecule has 0 bridgehead atoms. The van der Waals surface area contributed by atoms with Crippen LogP contribution < -0.4 is 5.32 Å². The Kier molecular flexibility index (Phi) is 9.95. The zero-order valence-electron chi connectivity index (χ0n) is 14.5. The van der Waals surface area contributed by atoms with Crippen molar-refractivity contribution in [2.24, 2.45) is 10.9 Å². The van der Waals surface area contributed by atoms with E-state index in [1.807, 2.05) is 31.3 Å². The molecule has 1 aromatic rings. The summed E-state index contributed by atoms with van der Waals surface area (Å²) >= 11 is 6.07. The van der Waals surface area contributed by atoms with Crippen molar-refractivity contribution >= 4 is 41.5 Å². The van der Waals surface area contributed by atoms with E-state index in [1.165, 1.54) is 0 Å². The maximum absolute atomic E-state index is 6.07. The van der Waals surface area contributed by atoms with Crippen molar-refractivity contribution < 1.29 is 9.47 Å². The molecule has 0 aliphatic carbocycles. The first-order chi connectivity index (χ1) is 11.2. The summed E-state index contributed by atoms with van der Waals surface area (Å²) in [6.45, 7) is 3.43. The second kappa shape index (κ2) is 11.1. The predicted molar refractivity (Wildman–Crippen MR) is 110 cm³/mol. The number of aliphatic imine (C=N–C) groups is 1. The van der Waals surface area contributed by atoms with Crippen molar-refractivity contribution in [1.82, 2.24) is 10.2 Å². The summed E-state index contributed by atoms with van der Waals surface area (Å²) < 4.78 is 10.8. The lowest BCUT2D eigenvalue weighted by molar-refractivity contribution is 0.106. The van der Waals surface area contributed by atoms with Gasteiger partial charge in [0.1, 0.15) is 0 Å². The lowest BCUT2D eigenvalue weighted by atomic mass is 10.1. The second-order valence-electron chi connectivity index (χ2n) is 5.76. The highest BCUT2D eigenvalue weighted by Crippen LogP contribution is 2.20. The van der Waals surface area contributed by atoms with Crippen LogP contribution in [-0.2, 0) is 9.47 Å². The lowest BCUT2D eigenvalue weighted by Crippen LogP contribution is -2.42. The van der Waals surface area contributed by atoms with Gasteiger partial charge in [0.15, 0.2) is 5.96 Å². The molecule has 1 aromatic carbocycles. The zero-order valence-corrected chi connectivity index (χ0v) is 17.6. The molecule has 1 fully saturated rings. The van der Waals surface area contributed by atoms with Crippen LogP contribution in [0.3, 0.4) is 0 Å². The molecular weight excluding hydrogens is 441 g/mol. The van der Waals surface area contributed by atoms with Crippen molar-refractivity contribution in [3.63, 3.8) is 0 Å². The number of rotatable bonds is 6. The van der Waals surface area contributed by atoms with Crippen LogP contribution in [0.2, 0.25) is 5.02 Å². The van der Waals surface area contributed by atoms with Gasteiger partial charge in [-0.3, -0.25) is 4.99 Å². The summed E-state index contributed by atoms with van der Waals surface area (Å²) in [5.41, 5.74) is 1.06. The van der Waals surface area contributed by atoms with Crippen molar-refractivity contribution in [3.05, 3.63) is 34.9 Å². The third-order valence-electron chi connectivity index (χ3n) is 4.15. The standard InChI is InChI=1S/C17H26ClN3O2.HI/c1-19-17(21-8-7-13(11-21)12-22-2)20-10-16(23-3)14-5-4-6-15(18)9-14;/h4-6,9,13,16H,7-8,10-12H2,1-3H3,(H,19,20);1H. The largest absolute Gasteiger partial charge is 0.384 e. The second-order valence-corrected chi connectivity index (χ2v) is 6.20. The van der Waals surface area contributed by atoms with E-state index in [1.54, 1.807) is 14.2 Å². The Labute approximate surface area is 166 Å². The van der Waals surface area contributed by atoms with Gasteiger partial charge in [-0.2, -0.15) is 0 Å². The molecule has 7 heteroatoms. The first-order valence-electron chi connectivity index (χ1n) is 7.90. The predicted octanol–water partition coefficient (Wildman–Crippen LogP) is 3.19. The molecule has 0 saturated carbocycles. The normalized spacial score (nSPS) is 19.1. The minimum Gasteiger partial charge on any atom is -0.384 e. The molecule has 1 heterocycles. The molecule has 0 radical (unpaired) electrons. The maximum atomic E-state index is 6.07. The Hall–Kier alpha value is -0.570. The maximum Gasteiger partial charge on any atom is 0.193 e. The first-order valence-corrected chi connectivity index (χ1v) is 8.28. The number of nitrogens with zero attached hydrogens (tertiary/aromatic N) is 2. The Balaban J connectivity index is 0.00000288. The van der Waals surface area contributed by atoms with Gasteiger partial charge in [-0.25, -0.2) is 0 Å². The number of ether oxygens (including phenoxy) is 2. The van der Waals surface area contributed by atoms with Gasteiger partial charge >= 0.3 is 0 Å². The molecule has 136 valence electrons. The van der Waals surface area contributed by atoms with Gasteiger partial charge in [-0.1, -0.05) is 23.7 Å². The van der Waals surface area contributed by atoms with E-state index >= 15 is 0 Å². The van der Waals surface area contributed by atoms with Gasteiger partial charge in [0.25, 0.3) is 0 Å². The SMILES string of the molecule is CN=C(NCC(OC)c1cccc(Cl)c1)N1CCC(COC)C1.I.